The highest BCUT2D eigenvalue weighted by molar-refractivity contribution is 8.02. The lowest BCUT2D eigenvalue weighted by molar-refractivity contribution is 3.88. The Balaban J connectivity index is 3.02. The predicted octanol–water partition coefficient (Wildman–Crippen LogP) is 0.943. The molecule has 0 saturated heterocycles. The molecule has 0 aromatic carbocycles. The van der Waals surface area contributed by atoms with Crippen molar-refractivity contribution in [2.24, 2.45) is 0 Å². The predicted molar refractivity (Wildman–Crippen MR) is 32.9 cm³/mol. The zero-order chi connectivity index (χ0) is 4.50. The summed E-state index contributed by atoms with van der Waals surface area (Å²) in [4.78, 5) is 0. The summed E-state index contributed by atoms with van der Waals surface area (Å²) in [5.41, 5.74) is 0. The highest BCUT2D eigenvalue weighted by Crippen LogP contribution is 2.16. The minimum atomic E-state index is -2.25. The van der Waals surface area contributed by atoms with Crippen LogP contribution in [0.3, 0.4) is 0 Å². The van der Waals surface area contributed by atoms with Crippen LogP contribution in [0.5, 0.6) is 0 Å². The maximum atomic E-state index is 5.18. The minimum absolute atomic E-state index is 2.16. The van der Waals surface area contributed by atoms with E-state index in [2.05, 4.69) is 8.79 Å². The fourth-order valence-electron chi connectivity index (χ4n) is 0. The van der Waals surface area contributed by atoms with E-state index in [-0.39, 0.29) is 0 Å². The summed E-state index contributed by atoms with van der Waals surface area (Å²) in [5, 5.41) is 0. The highest BCUT2D eigenvalue weighted by Gasteiger charge is 2.08. The molecule has 1 atom stereocenters. The number of hydrogen-bond acceptors (Lipinski definition) is 0. The van der Waals surface area contributed by atoms with Gasteiger partial charge in [0.15, 0.2) is 0 Å². The van der Waals surface area contributed by atoms with Crippen molar-refractivity contribution in [3.05, 3.63) is 0 Å². The Bertz CT molecular complexity index is 25.1. The van der Waals surface area contributed by atoms with Gasteiger partial charge in [0.1, 0.15) is 7.44 Å². The normalized spacial score (nSPS) is 11.8. The van der Waals surface area contributed by atoms with Crippen LogP contribution in [0.4, 0.5) is 0 Å². The minimum Gasteiger partial charge on any atom is -0.152 e. The lowest BCUT2D eigenvalue weighted by atomic mass is 10.8. The van der Waals surface area contributed by atoms with Crippen LogP contribution in [-0.4, -0.2) is 13.7 Å². The van der Waals surface area contributed by atoms with Crippen molar-refractivity contribution in [2.75, 3.05) is 0 Å². The first kappa shape index (κ1) is 6.29. The fourth-order valence-corrected chi connectivity index (χ4v) is 0. The Labute approximate surface area is 45.0 Å². The van der Waals surface area contributed by atoms with Gasteiger partial charge < -0.3 is 0 Å². The van der Waals surface area contributed by atoms with Crippen LogP contribution in [0.2, 0.25) is 0 Å². The van der Waals surface area contributed by atoms with Gasteiger partial charge in [-0.2, -0.15) is 22.2 Å². The molecule has 0 spiro atoms. The molecule has 0 aromatic heterocycles. The monoisotopic (exact) mass is 142 g/mol. The number of rotatable bonds is 0. The van der Waals surface area contributed by atoms with E-state index >= 15 is 0 Å². The molecular formula is H2BCl2PSi. The molecule has 0 heterocycles. The van der Waals surface area contributed by atoms with Gasteiger partial charge in [0.25, 0.3) is 0 Å². The summed E-state index contributed by atoms with van der Waals surface area (Å²) in [6, 6.07) is 0. The van der Waals surface area contributed by atoms with Gasteiger partial charge in [0, 0.05) is 0 Å². The van der Waals surface area contributed by atoms with E-state index in [0.29, 0.717) is 0 Å². The average molecular weight is 143 g/mol. The SMILES string of the molecule is [B][Si](P)(Cl)Cl. The van der Waals surface area contributed by atoms with Crippen LogP contribution >= 0.6 is 30.9 Å². The molecule has 0 amide bonds. The van der Waals surface area contributed by atoms with Gasteiger partial charge in [0.05, 0.1) is 0 Å². The molecule has 0 N–H and O–H groups in total. The average Bonchev–Trinajstić information content (AvgIpc) is 0.722. The third-order valence-electron chi connectivity index (χ3n) is 0. The van der Waals surface area contributed by atoms with E-state index in [4.69, 9.17) is 29.6 Å². The van der Waals surface area contributed by atoms with E-state index in [1.165, 1.54) is 0 Å². The molecule has 0 aliphatic carbocycles. The van der Waals surface area contributed by atoms with E-state index in [0.717, 1.165) is 0 Å². The summed E-state index contributed by atoms with van der Waals surface area (Å²) < 4.78 is 0. The van der Waals surface area contributed by atoms with E-state index in [1.54, 1.807) is 0 Å². The van der Waals surface area contributed by atoms with Crippen molar-refractivity contribution in [1.29, 1.82) is 0 Å². The molecule has 0 aromatic rings. The molecule has 0 rings (SSSR count). The molecule has 1 unspecified atom stereocenters. The van der Waals surface area contributed by atoms with Gasteiger partial charge in [-0.25, -0.2) is 0 Å². The van der Waals surface area contributed by atoms with Crippen molar-refractivity contribution in [1.82, 2.24) is 0 Å². The summed E-state index contributed by atoms with van der Waals surface area (Å²) in [5.74, 6) is 0. The highest BCUT2D eigenvalue weighted by atomic mass is 35.7. The van der Waals surface area contributed by atoms with Crippen molar-refractivity contribution < 1.29 is 0 Å². The summed E-state index contributed by atoms with van der Waals surface area (Å²) in [7, 11) is 7.15. The van der Waals surface area contributed by atoms with Crippen LogP contribution < -0.4 is 0 Å². The zero-order valence-corrected chi connectivity index (χ0v) is 6.08. The zero-order valence-electron chi connectivity index (χ0n) is 2.41. The van der Waals surface area contributed by atoms with Gasteiger partial charge in [-0.1, -0.05) is 0 Å². The quantitative estimate of drug-likeness (QED) is 0.269. The second-order valence-electron chi connectivity index (χ2n) is 0.675. The molecule has 28 valence electrons. The van der Waals surface area contributed by atoms with Crippen LogP contribution in [0.15, 0.2) is 0 Å². The summed E-state index contributed by atoms with van der Waals surface area (Å²) in [6.07, 6.45) is -2.25. The molecule has 0 aliphatic heterocycles. The number of hydrogen-bond donors (Lipinski definition) is 0. The smallest absolute Gasteiger partial charge is 0.152 e. The van der Waals surface area contributed by atoms with E-state index in [9.17, 15) is 0 Å². The van der Waals surface area contributed by atoms with E-state index < -0.39 is 6.23 Å². The van der Waals surface area contributed by atoms with Crippen molar-refractivity contribution in [3.8, 4) is 0 Å². The molecule has 5 heteroatoms. The van der Waals surface area contributed by atoms with Gasteiger partial charge in [-0.15, -0.1) is 8.79 Å². The Morgan fingerprint density at radius 3 is 1.60 bits per heavy atom. The van der Waals surface area contributed by atoms with Crippen molar-refractivity contribution in [2.45, 2.75) is 0 Å². The fraction of sp³-hybridized carbons (Fsp3) is 0. The first-order chi connectivity index (χ1) is 2.00. The van der Waals surface area contributed by atoms with Crippen molar-refractivity contribution in [3.63, 3.8) is 0 Å². The van der Waals surface area contributed by atoms with Gasteiger partial charge in [-0.05, 0) is 0 Å². The molecule has 0 saturated carbocycles. The lowest BCUT2D eigenvalue weighted by Crippen LogP contribution is -2.05. The standard InChI is InChI=1S/BCl2H2PSi/c1-5(2,3)4/h4H2. The first-order valence-electron chi connectivity index (χ1n) is 0.955. The molecule has 0 nitrogen and oxygen atoms in total. The van der Waals surface area contributed by atoms with Crippen LogP contribution in [0.25, 0.3) is 0 Å². The van der Waals surface area contributed by atoms with Crippen molar-refractivity contribution >= 4 is 44.6 Å². The lowest BCUT2D eigenvalue weighted by Gasteiger charge is -1.94. The molecular weight excluding hydrogens is 141 g/mol. The Hall–Kier alpha value is 1.29. The van der Waals surface area contributed by atoms with Crippen LogP contribution in [-0.2, 0) is 0 Å². The van der Waals surface area contributed by atoms with Crippen LogP contribution in [0.1, 0.15) is 0 Å². The Morgan fingerprint density at radius 2 is 1.60 bits per heavy atom. The van der Waals surface area contributed by atoms with Gasteiger partial charge >= 0.3 is 0 Å². The summed E-state index contributed by atoms with van der Waals surface area (Å²) in [6.45, 7) is 0. The molecule has 0 fully saturated rings. The third kappa shape index (κ3) is 34.4. The summed E-state index contributed by atoms with van der Waals surface area (Å²) >= 11 is 10.4. The Kier molecular flexibility index (Phi) is 2.31. The molecule has 2 radical (unpaired) electrons. The maximum Gasteiger partial charge on any atom is 0.219 e. The second-order valence-corrected chi connectivity index (χ2v) is 11.3. The van der Waals surface area contributed by atoms with Gasteiger partial charge in [0.2, 0.25) is 6.23 Å². The van der Waals surface area contributed by atoms with Crippen LogP contribution in [0, 0.1) is 0 Å². The molecule has 0 bridgehead atoms. The van der Waals surface area contributed by atoms with E-state index in [1.807, 2.05) is 0 Å². The third-order valence-corrected chi connectivity index (χ3v) is 0. The number of halogens is 2. The Morgan fingerprint density at radius 1 is 1.60 bits per heavy atom. The topological polar surface area (TPSA) is 0 Å². The second kappa shape index (κ2) is 1.83. The largest absolute Gasteiger partial charge is 0.219 e. The first-order valence-corrected chi connectivity index (χ1v) is 6.87. The van der Waals surface area contributed by atoms with Gasteiger partial charge in [-0.3, -0.25) is 0 Å². The molecule has 0 aliphatic rings. The maximum absolute atomic E-state index is 5.18. The molecule has 5 heavy (non-hydrogen) atoms.